The first-order valence-corrected chi connectivity index (χ1v) is 8.31. The Morgan fingerprint density at radius 1 is 0.821 bits per heavy atom. The molecular formula is C19H14F6N2O. The van der Waals surface area contributed by atoms with E-state index in [-0.39, 0.29) is 17.8 Å². The van der Waals surface area contributed by atoms with Crippen LogP contribution in [0.25, 0.3) is 22.8 Å². The van der Waals surface area contributed by atoms with E-state index >= 15 is 0 Å². The highest BCUT2D eigenvalue weighted by molar-refractivity contribution is 5.62. The summed E-state index contributed by atoms with van der Waals surface area (Å²) in [6, 6.07) is 8.27. The summed E-state index contributed by atoms with van der Waals surface area (Å²) in [5, 5.41) is 3.55. The second-order valence-electron chi connectivity index (χ2n) is 6.16. The van der Waals surface area contributed by atoms with E-state index in [1.54, 1.807) is 12.1 Å². The van der Waals surface area contributed by atoms with Gasteiger partial charge in [0.1, 0.15) is 0 Å². The van der Waals surface area contributed by atoms with Crippen LogP contribution in [-0.4, -0.2) is 10.1 Å². The normalized spacial score (nSPS) is 12.4. The third-order valence-corrected chi connectivity index (χ3v) is 4.01. The van der Waals surface area contributed by atoms with Gasteiger partial charge in [-0.15, -0.1) is 0 Å². The molecule has 0 spiro atoms. The Morgan fingerprint density at radius 3 is 1.89 bits per heavy atom. The number of hydrogen-bond donors (Lipinski definition) is 0. The van der Waals surface area contributed by atoms with Gasteiger partial charge in [0, 0.05) is 11.1 Å². The Kier molecular flexibility index (Phi) is 5.18. The summed E-state index contributed by atoms with van der Waals surface area (Å²) in [4.78, 5) is 3.96. The van der Waals surface area contributed by atoms with Crippen LogP contribution in [0.3, 0.4) is 0 Å². The molecule has 0 aliphatic rings. The molecule has 148 valence electrons. The molecule has 0 bridgehead atoms. The predicted molar refractivity (Wildman–Crippen MR) is 89.2 cm³/mol. The summed E-state index contributed by atoms with van der Waals surface area (Å²) in [5.74, 6) is -0.353. The van der Waals surface area contributed by atoms with Crippen molar-refractivity contribution < 1.29 is 30.9 Å². The number of rotatable bonds is 4. The molecule has 0 saturated carbocycles. The van der Waals surface area contributed by atoms with E-state index in [4.69, 9.17) is 4.52 Å². The molecule has 3 rings (SSSR count). The summed E-state index contributed by atoms with van der Waals surface area (Å²) in [6.07, 6.45) is -8.06. The molecule has 0 atom stereocenters. The first-order chi connectivity index (χ1) is 13.1. The summed E-state index contributed by atoms with van der Waals surface area (Å²) < 4.78 is 83.0. The van der Waals surface area contributed by atoms with Crippen molar-refractivity contribution in [3.8, 4) is 22.8 Å². The molecule has 0 N–H and O–H groups in total. The van der Waals surface area contributed by atoms with Gasteiger partial charge in [-0.3, -0.25) is 0 Å². The molecule has 1 aromatic heterocycles. The van der Waals surface area contributed by atoms with Crippen molar-refractivity contribution >= 4 is 0 Å². The molecule has 28 heavy (non-hydrogen) atoms. The van der Waals surface area contributed by atoms with Gasteiger partial charge in [0.2, 0.25) is 5.82 Å². The van der Waals surface area contributed by atoms with Crippen LogP contribution in [0, 0.1) is 0 Å². The summed E-state index contributed by atoms with van der Waals surface area (Å²) >= 11 is 0. The van der Waals surface area contributed by atoms with E-state index in [9.17, 15) is 26.3 Å². The number of benzene rings is 2. The first kappa shape index (κ1) is 19.9. The number of alkyl halides is 6. The van der Waals surface area contributed by atoms with Crippen LogP contribution in [0.4, 0.5) is 26.3 Å². The van der Waals surface area contributed by atoms with Crippen molar-refractivity contribution in [2.45, 2.75) is 32.1 Å². The maximum absolute atomic E-state index is 13.0. The Labute approximate surface area is 156 Å². The lowest BCUT2D eigenvalue weighted by atomic mass is 10.0. The fourth-order valence-corrected chi connectivity index (χ4v) is 2.64. The van der Waals surface area contributed by atoms with Gasteiger partial charge in [0.15, 0.2) is 0 Å². The van der Waals surface area contributed by atoms with Gasteiger partial charge in [0.05, 0.1) is 11.1 Å². The predicted octanol–water partition coefficient (Wildman–Crippen LogP) is 6.39. The Bertz CT molecular complexity index is 926. The summed E-state index contributed by atoms with van der Waals surface area (Å²) in [7, 11) is 0. The topological polar surface area (TPSA) is 38.9 Å². The molecule has 0 saturated heterocycles. The van der Waals surface area contributed by atoms with E-state index in [2.05, 4.69) is 10.1 Å². The first-order valence-electron chi connectivity index (χ1n) is 8.31. The Hall–Kier alpha value is -2.84. The van der Waals surface area contributed by atoms with Crippen molar-refractivity contribution in [1.29, 1.82) is 0 Å². The van der Waals surface area contributed by atoms with E-state index < -0.39 is 29.0 Å². The van der Waals surface area contributed by atoms with Crippen LogP contribution in [0.2, 0.25) is 0 Å². The number of aryl methyl sites for hydroxylation is 1. The van der Waals surface area contributed by atoms with E-state index in [0.717, 1.165) is 18.4 Å². The Balaban J connectivity index is 2.00. The fraction of sp³-hybridized carbons (Fsp3) is 0.263. The van der Waals surface area contributed by atoms with Gasteiger partial charge in [0.25, 0.3) is 5.89 Å². The molecule has 0 aliphatic heterocycles. The van der Waals surface area contributed by atoms with Gasteiger partial charge < -0.3 is 4.52 Å². The maximum atomic E-state index is 13.0. The highest BCUT2D eigenvalue weighted by Gasteiger charge is 2.37. The number of hydrogen-bond acceptors (Lipinski definition) is 3. The average molecular weight is 400 g/mol. The van der Waals surface area contributed by atoms with Gasteiger partial charge >= 0.3 is 12.4 Å². The largest absolute Gasteiger partial charge is 0.416 e. The van der Waals surface area contributed by atoms with E-state index in [1.807, 2.05) is 19.1 Å². The molecular weight excluding hydrogens is 386 g/mol. The molecule has 0 aliphatic carbocycles. The minimum atomic E-state index is -4.95. The van der Waals surface area contributed by atoms with Crippen molar-refractivity contribution in [3.05, 3.63) is 59.2 Å². The molecule has 0 radical (unpaired) electrons. The molecule has 2 aromatic carbocycles. The zero-order valence-electron chi connectivity index (χ0n) is 14.5. The summed E-state index contributed by atoms with van der Waals surface area (Å²) in [6.45, 7) is 2.03. The van der Waals surface area contributed by atoms with Crippen LogP contribution in [0.15, 0.2) is 47.0 Å². The molecule has 0 unspecified atom stereocenters. The molecule has 0 fully saturated rings. The van der Waals surface area contributed by atoms with Crippen LogP contribution in [0.5, 0.6) is 0 Å². The number of aromatic nitrogens is 2. The standard InChI is InChI=1S/C19H14F6N2O/c1-2-3-11-4-6-12(7-5-11)17-26-16(27-28-17)13-8-14(18(20,21)22)10-15(9-13)19(23,24)25/h4-10H,2-3H2,1H3. The number of halogens is 6. The minimum absolute atomic E-state index is 0.00372. The smallest absolute Gasteiger partial charge is 0.334 e. The zero-order valence-corrected chi connectivity index (χ0v) is 14.5. The molecule has 3 aromatic rings. The highest BCUT2D eigenvalue weighted by atomic mass is 19.4. The third-order valence-electron chi connectivity index (χ3n) is 4.01. The Morgan fingerprint density at radius 2 is 1.39 bits per heavy atom. The summed E-state index contributed by atoms with van der Waals surface area (Å²) in [5.41, 5.74) is -1.71. The van der Waals surface area contributed by atoms with Crippen LogP contribution >= 0.6 is 0 Å². The van der Waals surface area contributed by atoms with E-state index in [0.29, 0.717) is 17.7 Å². The van der Waals surface area contributed by atoms with Gasteiger partial charge in [-0.05, 0) is 42.3 Å². The lowest BCUT2D eigenvalue weighted by molar-refractivity contribution is -0.143. The highest BCUT2D eigenvalue weighted by Crippen LogP contribution is 2.38. The quantitative estimate of drug-likeness (QED) is 0.476. The second kappa shape index (κ2) is 7.29. The fourth-order valence-electron chi connectivity index (χ4n) is 2.64. The zero-order chi connectivity index (χ0) is 20.5. The van der Waals surface area contributed by atoms with Crippen molar-refractivity contribution in [2.24, 2.45) is 0 Å². The van der Waals surface area contributed by atoms with E-state index in [1.165, 1.54) is 0 Å². The molecule has 9 heteroatoms. The SMILES string of the molecule is CCCc1ccc(-c2nc(-c3cc(C(F)(F)F)cc(C(F)(F)F)c3)no2)cc1. The van der Waals surface area contributed by atoms with Gasteiger partial charge in [-0.2, -0.15) is 31.3 Å². The van der Waals surface area contributed by atoms with Crippen molar-refractivity contribution in [3.63, 3.8) is 0 Å². The van der Waals surface area contributed by atoms with Crippen molar-refractivity contribution in [2.75, 3.05) is 0 Å². The monoisotopic (exact) mass is 400 g/mol. The minimum Gasteiger partial charge on any atom is -0.334 e. The lowest BCUT2D eigenvalue weighted by Crippen LogP contribution is -2.11. The van der Waals surface area contributed by atoms with Crippen LogP contribution < -0.4 is 0 Å². The second-order valence-corrected chi connectivity index (χ2v) is 6.16. The van der Waals surface area contributed by atoms with Gasteiger partial charge in [-0.1, -0.05) is 30.6 Å². The van der Waals surface area contributed by atoms with Crippen LogP contribution in [-0.2, 0) is 18.8 Å². The van der Waals surface area contributed by atoms with Crippen LogP contribution in [0.1, 0.15) is 30.0 Å². The van der Waals surface area contributed by atoms with Gasteiger partial charge in [-0.25, -0.2) is 0 Å². The maximum Gasteiger partial charge on any atom is 0.416 e. The van der Waals surface area contributed by atoms with Crippen molar-refractivity contribution in [1.82, 2.24) is 10.1 Å². The molecule has 1 heterocycles. The molecule has 0 amide bonds. The number of nitrogens with zero attached hydrogens (tertiary/aromatic N) is 2. The third kappa shape index (κ3) is 4.35. The average Bonchev–Trinajstić information content (AvgIpc) is 3.11. The lowest BCUT2D eigenvalue weighted by Gasteiger charge is -2.12. The molecule has 3 nitrogen and oxygen atoms in total.